The minimum atomic E-state index is -0.287. The van der Waals surface area contributed by atoms with Crippen LogP contribution in [0.15, 0.2) is 12.1 Å². The summed E-state index contributed by atoms with van der Waals surface area (Å²) in [4.78, 5) is 11.7. The van der Waals surface area contributed by atoms with Crippen LogP contribution in [0.25, 0.3) is 0 Å². The number of carbonyl (C=O) groups excluding carboxylic acids is 1. The SMILES string of the molecule is CC(C)OC(=O)CCCc1cc(C23CNC(CO2)C3)cc(Cl)c1Cl. The molecule has 4 nitrogen and oxygen atoms in total. The molecular formula is C18H23Cl2NO3. The number of morpholine rings is 1. The molecule has 2 aliphatic rings. The van der Waals surface area contributed by atoms with Gasteiger partial charge in [-0.25, -0.2) is 0 Å². The van der Waals surface area contributed by atoms with Gasteiger partial charge in [0.2, 0.25) is 0 Å². The van der Waals surface area contributed by atoms with Crippen molar-refractivity contribution in [3.05, 3.63) is 33.3 Å². The first-order valence-electron chi connectivity index (χ1n) is 8.45. The summed E-state index contributed by atoms with van der Waals surface area (Å²) in [6.45, 7) is 5.23. The Morgan fingerprint density at radius 1 is 1.46 bits per heavy atom. The van der Waals surface area contributed by atoms with E-state index in [1.807, 2.05) is 19.9 Å². The van der Waals surface area contributed by atoms with E-state index in [0.29, 0.717) is 35.3 Å². The lowest BCUT2D eigenvalue weighted by Crippen LogP contribution is -2.37. The van der Waals surface area contributed by atoms with Gasteiger partial charge in [0.25, 0.3) is 0 Å². The summed E-state index contributed by atoms with van der Waals surface area (Å²) in [6, 6.07) is 4.42. The van der Waals surface area contributed by atoms with E-state index in [2.05, 4.69) is 11.4 Å². The number of halogens is 2. The number of hydrogen-bond donors (Lipinski definition) is 1. The molecule has 2 atom stereocenters. The summed E-state index contributed by atoms with van der Waals surface area (Å²) in [5.74, 6) is -0.177. The summed E-state index contributed by atoms with van der Waals surface area (Å²) in [7, 11) is 0. The Morgan fingerprint density at radius 2 is 2.25 bits per heavy atom. The molecule has 2 bridgehead atoms. The number of esters is 1. The number of hydrogen-bond acceptors (Lipinski definition) is 4. The Kier molecular flexibility index (Phi) is 5.40. The second-order valence-electron chi connectivity index (χ2n) is 6.91. The third kappa shape index (κ3) is 3.72. The van der Waals surface area contributed by atoms with Crippen LogP contribution in [0.3, 0.4) is 0 Å². The molecule has 0 radical (unpaired) electrons. The highest BCUT2D eigenvalue weighted by atomic mass is 35.5. The van der Waals surface area contributed by atoms with Gasteiger partial charge in [0.05, 0.1) is 22.8 Å². The molecule has 0 aromatic heterocycles. The molecule has 24 heavy (non-hydrogen) atoms. The van der Waals surface area contributed by atoms with Gasteiger partial charge >= 0.3 is 5.97 Å². The van der Waals surface area contributed by atoms with E-state index in [-0.39, 0.29) is 17.7 Å². The molecule has 3 rings (SSSR count). The second-order valence-corrected chi connectivity index (χ2v) is 7.70. The van der Waals surface area contributed by atoms with Crippen LogP contribution in [0, 0.1) is 0 Å². The maximum atomic E-state index is 11.7. The monoisotopic (exact) mass is 371 g/mol. The average molecular weight is 372 g/mol. The fourth-order valence-electron chi connectivity index (χ4n) is 3.48. The average Bonchev–Trinajstić information content (AvgIpc) is 3.12. The van der Waals surface area contributed by atoms with Crippen LogP contribution in [0.5, 0.6) is 0 Å². The van der Waals surface area contributed by atoms with E-state index in [9.17, 15) is 4.79 Å². The predicted octanol–water partition coefficient (Wildman–Crippen LogP) is 3.86. The van der Waals surface area contributed by atoms with Crippen LogP contribution >= 0.6 is 23.2 Å². The van der Waals surface area contributed by atoms with Crippen molar-refractivity contribution >= 4 is 29.2 Å². The van der Waals surface area contributed by atoms with Crippen LogP contribution in [-0.2, 0) is 26.3 Å². The molecule has 0 amide bonds. The zero-order chi connectivity index (χ0) is 17.3. The number of benzene rings is 1. The first-order chi connectivity index (χ1) is 11.4. The number of fused-ring (bicyclic) bond motifs is 2. The molecule has 1 aromatic carbocycles. The summed E-state index contributed by atoms with van der Waals surface area (Å²) in [5.41, 5.74) is 1.75. The molecule has 6 heteroatoms. The Hall–Kier alpha value is -0.810. The van der Waals surface area contributed by atoms with Crippen molar-refractivity contribution in [3.8, 4) is 0 Å². The summed E-state index contributed by atoms with van der Waals surface area (Å²) in [5, 5.41) is 4.57. The first kappa shape index (κ1) is 18.0. The lowest BCUT2D eigenvalue weighted by Gasteiger charge is -2.28. The van der Waals surface area contributed by atoms with Gasteiger partial charge in [-0.15, -0.1) is 0 Å². The van der Waals surface area contributed by atoms with Gasteiger partial charge in [-0.3, -0.25) is 4.79 Å². The smallest absolute Gasteiger partial charge is 0.306 e. The number of nitrogens with one attached hydrogen (secondary N) is 1. The minimum Gasteiger partial charge on any atom is -0.463 e. The molecule has 2 unspecified atom stereocenters. The van der Waals surface area contributed by atoms with E-state index in [0.717, 1.165) is 30.7 Å². The minimum absolute atomic E-state index is 0.0831. The fraction of sp³-hybridized carbons (Fsp3) is 0.611. The largest absolute Gasteiger partial charge is 0.463 e. The van der Waals surface area contributed by atoms with Crippen LogP contribution in [0.2, 0.25) is 10.0 Å². The van der Waals surface area contributed by atoms with E-state index in [1.54, 1.807) is 0 Å². The predicted molar refractivity (Wildman–Crippen MR) is 94.7 cm³/mol. The summed E-state index contributed by atoms with van der Waals surface area (Å²) >= 11 is 12.7. The Bertz CT molecular complexity index is 625. The van der Waals surface area contributed by atoms with Crippen molar-refractivity contribution in [3.63, 3.8) is 0 Å². The number of aryl methyl sites for hydroxylation is 1. The third-order valence-corrected chi connectivity index (χ3v) is 5.48. The maximum Gasteiger partial charge on any atom is 0.306 e. The third-order valence-electron chi connectivity index (χ3n) is 4.64. The molecule has 1 N–H and O–H groups in total. The fourth-order valence-corrected chi connectivity index (χ4v) is 3.92. The van der Waals surface area contributed by atoms with Crippen LogP contribution in [0.4, 0.5) is 0 Å². The van der Waals surface area contributed by atoms with Crippen molar-refractivity contribution in [1.82, 2.24) is 5.32 Å². The molecule has 0 saturated carbocycles. The van der Waals surface area contributed by atoms with E-state index in [4.69, 9.17) is 32.7 Å². The Morgan fingerprint density at radius 3 is 2.83 bits per heavy atom. The van der Waals surface area contributed by atoms with E-state index < -0.39 is 0 Å². The van der Waals surface area contributed by atoms with Crippen molar-refractivity contribution < 1.29 is 14.3 Å². The van der Waals surface area contributed by atoms with Gasteiger partial charge < -0.3 is 14.8 Å². The maximum absolute atomic E-state index is 11.7. The highest BCUT2D eigenvalue weighted by Crippen LogP contribution is 2.43. The quantitative estimate of drug-likeness (QED) is 0.771. The zero-order valence-corrected chi connectivity index (χ0v) is 15.5. The van der Waals surface area contributed by atoms with E-state index >= 15 is 0 Å². The summed E-state index contributed by atoms with van der Waals surface area (Å²) < 4.78 is 11.2. The normalized spacial score (nSPS) is 25.5. The second kappa shape index (κ2) is 7.20. The van der Waals surface area contributed by atoms with Gasteiger partial charge in [-0.1, -0.05) is 29.3 Å². The molecular weight excluding hydrogens is 349 g/mol. The molecule has 2 aliphatic heterocycles. The summed E-state index contributed by atoms with van der Waals surface area (Å²) in [6.07, 6.45) is 2.62. The van der Waals surface area contributed by atoms with Gasteiger partial charge in [0, 0.05) is 19.0 Å². The van der Waals surface area contributed by atoms with Gasteiger partial charge in [0.15, 0.2) is 0 Å². The molecule has 0 spiro atoms. The lowest BCUT2D eigenvalue weighted by molar-refractivity contribution is -0.147. The molecule has 1 aromatic rings. The molecule has 0 aliphatic carbocycles. The van der Waals surface area contributed by atoms with Crippen molar-refractivity contribution in [2.75, 3.05) is 13.2 Å². The Labute approximate surface area is 152 Å². The highest BCUT2D eigenvalue weighted by molar-refractivity contribution is 6.42. The lowest BCUT2D eigenvalue weighted by atomic mass is 9.90. The van der Waals surface area contributed by atoms with Crippen LogP contribution in [-0.4, -0.2) is 31.3 Å². The topological polar surface area (TPSA) is 47.6 Å². The van der Waals surface area contributed by atoms with Crippen LogP contribution < -0.4 is 5.32 Å². The molecule has 132 valence electrons. The number of carbonyl (C=O) groups is 1. The van der Waals surface area contributed by atoms with Gasteiger partial charge in [-0.05, 0) is 50.3 Å². The molecule has 2 heterocycles. The van der Waals surface area contributed by atoms with E-state index in [1.165, 1.54) is 0 Å². The Balaban J connectivity index is 1.70. The van der Waals surface area contributed by atoms with Crippen molar-refractivity contribution in [2.24, 2.45) is 0 Å². The molecule has 2 fully saturated rings. The molecule has 2 saturated heterocycles. The highest BCUT2D eigenvalue weighted by Gasteiger charge is 2.47. The number of rotatable bonds is 6. The first-order valence-corrected chi connectivity index (χ1v) is 9.20. The standard InChI is InChI=1S/C18H23Cl2NO3/c1-11(2)24-16(22)5-3-4-12-6-13(7-15(19)17(12)20)18-8-14(9-23-18)21-10-18/h6-7,11,14,21H,3-5,8-10H2,1-2H3. The number of ether oxygens (including phenoxy) is 2. The van der Waals surface area contributed by atoms with Gasteiger partial charge in [0.1, 0.15) is 5.60 Å². The van der Waals surface area contributed by atoms with Crippen molar-refractivity contribution in [2.45, 2.75) is 57.3 Å². The van der Waals surface area contributed by atoms with Gasteiger partial charge in [-0.2, -0.15) is 0 Å². The zero-order valence-electron chi connectivity index (χ0n) is 14.0. The van der Waals surface area contributed by atoms with Crippen LogP contribution in [0.1, 0.15) is 44.2 Å². The van der Waals surface area contributed by atoms with Crippen molar-refractivity contribution in [1.29, 1.82) is 0 Å².